The van der Waals surface area contributed by atoms with Crippen LogP contribution in [0.5, 0.6) is 5.75 Å². The summed E-state index contributed by atoms with van der Waals surface area (Å²) in [6.45, 7) is 2.95. The zero-order valence-electron chi connectivity index (χ0n) is 13.7. The summed E-state index contributed by atoms with van der Waals surface area (Å²) < 4.78 is 31.4. The number of ether oxygens (including phenoxy) is 1. The van der Waals surface area contributed by atoms with Gasteiger partial charge >= 0.3 is 0 Å². The topological polar surface area (TPSA) is 42.3 Å². The van der Waals surface area contributed by atoms with Crippen molar-refractivity contribution in [2.75, 3.05) is 26.2 Å². The molecule has 0 bridgehead atoms. The van der Waals surface area contributed by atoms with E-state index in [0.29, 0.717) is 5.75 Å². The Morgan fingerprint density at radius 2 is 2.12 bits per heavy atom. The normalized spacial score (nSPS) is 18.9. The lowest BCUT2D eigenvalue weighted by atomic mass is 10.1. The number of halogens is 2. The van der Waals surface area contributed by atoms with Crippen molar-refractivity contribution >= 4 is 0 Å². The Hall–Kier alpha value is -1.99. The van der Waals surface area contributed by atoms with Gasteiger partial charge in [0, 0.05) is 45.6 Å². The van der Waals surface area contributed by atoms with Crippen molar-refractivity contribution in [3.63, 3.8) is 0 Å². The zero-order valence-corrected chi connectivity index (χ0v) is 13.7. The highest BCUT2D eigenvalue weighted by atomic mass is 19.3. The Kier molecular flexibility index (Phi) is 5.42. The first-order valence-corrected chi connectivity index (χ1v) is 8.05. The number of nitrogens with one attached hydrogen (secondary N) is 1. The van der Waals surface area contributed by atoms with E-state index in [9.17, 15) is 8.78 Å². The summed E-state index contributed by atoms with van der Waals surface area (Å²) in [6.07, 6.45) is 1.32. The third-order valence-corrected chi connectivity index (χ3v) is 4.20. The number of piperazine rings is 1. The quantitative estimate of drug-likeness (QED) is 0.878. The van der Waals surface area contributed by atoms with Crippen LogP contribution in [0.1, 0.15) is 17.4 Å². The summed E-state index contributed by atoms with van der Waals surface area (Å²) in [4.78, 5) is 6.86. The summed E-state index contributed by atoms with van der Waals surface area (Å²) in [5.74, 6) is 1.51. The molecule has 0 aliphatic carbocycles. The van der Waals surface area contributed by atoms with Gasteiger partial charge in [0.1, 0.15) is 18.2 Å². The van der Waals surface area contributed by atoms with E-state index in [0.717, 1.165) is 37.6 Å². The van der Waals surface area contributed by atoms with Crippen molar-refractivity contribution in [2.45, 2.75) is 19.0 Å². The lowest BCUT2D eigenvalue weighted by Crippen LogP contribution is -2.46. The second kappa shape index (κ2) is 7.72. The Labute approximate surface area is 140 Å². The average Bonchev–Trinajstić information content (AvgIpc) is 3.00. The van der Waals surface area contributed by atoms with Gasteiger partial charge < -0.3 is 14.6 Å². The van der Waals surface area contributed by atoms with Crippen LogP contribution < -0.4 is 10.1 Å². The van der Waals surface area contributed by atoms with Crippen molar-refractivity contribution in [1.29, 1.82) is 0 Å². The molecule has 1 N–H and O–H groups in total. The molecule has 1 aromatic carbocycles. The molecule has 1 atom stereocenters. The van der Waals surface area contributed by atoms with E-state index in [1.807, 2.05) is 36.1 Å². The zero-order chi connectivity index (χ0) is 16.9. The lowest BCUT2D eigenvalue weighted by molar-refractivity contribution is 0.0819. The molecule has 0 saturated carbocycles. The molecule has 2 aromatic rings. The van der Waals surface area contributed by atoms with Crippen molar-refractivity contribution in [3.8, 4) is 5.75 Å². The van der Waals surface area contributed by atoms with Gasteiger partial charge in [0.05, 0.1) is 6.04 Å². The molecule has 130 valence electrons. The predicted molar refractivity (Wildman–Crippen MR) is 87.2 cm³/mol. The smallest absolute Gasteiger partial charge is 0.272 e. The van der Waals surface area contributed by atoms with Crippen LogP contribution in [-0.4, -0.2) is 47.1 Å². The van der Waals surface area contributed by atoms with E-state index in [-0.39, 0.29) is 6.04 Å². The maximum Gasteiger partial charge on any atom is 0.272 e. The fourth-order valence-corrected chi connectivity index (χ4v) is 2.97. The monoisotopic (exact) mass is 336 g/mol. The Balaban J connectivity index is 1.66. The fraction of sp³-hybridized carbons (Fsp3) is 0.471. The third kappa shape index (κ3) is 4.10. The summed E-state index contributed by atoms with van der Waals surface area (Å²) >= 11 is 0. The van der Waals surface area contributed by atoms with Gasteiger partial charge in [0.25, 0.3) is 6.43 Å². The maximum absolute atomic E-state index is 12.2. The first-order valence-electron chi connectivity index (χ1n) is 8.05. The van der Waals surface area contributed by atoms with Crippen LogP contribution in [0.3, 0.4) is 0 Å². The molecule has 1 aliphatic rings. The molecule has 7 heteroatoms. The Morgan fingerprint density at radius 1 is 1.33 bits per heavy atom. The molecule has 1 unspecified atom stereocenters. The van der Waals surface area contributed by atoms with Gasteiger partial charge in [-0.3, -0.25) is 4.90 Å². The van der Waals surface area contributed by atoms with Gasteiger partial charge in [-0.1, -0.05) is 12.1 Å². The molecule has 0 spiro atoms. The highest BCUT2D eigenvalue weighted by Crippen LogP contribution is 2.23. The van der Waals surface area contributed by atoms with E-state index in [2.05, 4.69) is 15.2 Å². The van der Waals surface area contributed by atoms with Crippen LogP contribution >= 0.6 is 0 Å². The standard InChI is InChI=1S/C17H22F2N4O/c1-22-8-7-21-17(22)15-10-20-6-9-23(15)11-13-2-4-14(5-3-13)24-12-16(18)19/h2-5,7-8,15-16,20H,6,9-12H2,1H3. The molecule has 24 heavy (non-hydrogen) atoms. The van der Waals surface area contributed by atoms with Crippen LogP contribution in [0, 0.1) is 0 Å². The number of alkyl halides is 2. The minimum atomic E-state index is -2.45. The molecule has 1 saturated heterocycles. The molecule has 2 heterocycles. The first kappa shape index (κ1) is 16.9. The second-order valence-corrected chi connectivity index (χ2v) is 5.93. The fourth-order valence-electron chi connectivity index (χ4n) is 2.97. The number of imidazole rings is 1. The molecule has 1 aliphatic heterocycles. The van der Waals surface area contributed by atoms with Gasteiger partial charge in [-0.15, -0.1) is 0 Å². The van der Waals surface area contributed by atoms with Gasteiger partial charge in [0.15, 0.2) is 0 Å². The van der Waals surface area contributed by atoms with Crippen molar-refractivity contribution in [2.24, 2.45) is 7.05 Å². The van der Waals surface area contributed by atoms with E-state index in [1.54, 1.807) is 12.1 Å². The highest BCUT2D eigenvalue weighted by Gasteiger charge is 2.26. The molecule has 0 amide bonds. The summed E-state index contributed by atoms with van der Waals surface area (Å²) in [6, 6.07) is 7.57. The largest absolute Gasteiger partial charge is 0.488 e. The van der Waals surface area contributed by atoms with E-state index >= 15 is 0 Å². The Bertz CT molecular complexity index is 644. The minimum absolute atomic E-state index is 0.216. The molecule has 5 nitrogen and oxygen atoms in total. The van der Waals surface area contributed by atoms with Gasteiger partial charge in [-0.2, -0.15) is 0 Å². The van der Waals surface area contributed by atoms with Gasteiger partial charge in [-0.25, -0.2) is 13.8 Å². The predicted octanol–water partition coefficient (Wildman–Crippen LogP) is 2.21. The number of benzene rings is 1. The van der Waals surface area contributed by atoms with Crippen molar-refractivity contribution < 1.29 is 13.5 Å². The molecular weight excluding hydrogens is 314 g/mol. The SMILES string of the molecule is Cn1ccnc1C1CNCCN1Cc1ccc(OCC(F)F)cc1. The van der Waals surface area contributed by atoms with Crippen molar-refractivity contribution in [1.82, 2.24) is 19.8 Å². The molecule has 1 fully saturated rings. The summed E-state index contributed by atoms with van der Waals surface area (Å²) in [5.41, 5.74) is 1.13. The molecule has 1 aromatic heterocycles. The van der Waals surface area contributed by atoms with E-state index in [1.165, 1.54) is 0 Å². The minimum Gasteiger partial charge on any atom is -0.488 e. The van der Waals surface area contributed by atoms with E-state index in [4.69, 9.17) is 4.74 Å². The molecule has 0 radical (unpaired) electrons. The number of hydrogen-bond donors (Lipinski definition) is 1. The molecular formula is C17H22F2N4O. The van der Waals surface area contributed by atoms with Gasteiger partial charge in [0.2, 0.25) is 0 Å². The van der Waals surface area contributed by atoms with Gasteiger partial charge in [-0.05, 0) is 17.7 Å². The maximum atomic E-state index is 12.2. The van der Waals surface area contributed by atoms with Crippen molar-refractivity contribution in [3.05, 3.63) is 48.0 Å². The average molecular weight is 336 g/mol. The summed E-state index contributed by atoms with van der Waals surface area (Å²) in [5, 5.41) is 3.42. The van der Waals surface area contributed by atoms with E-state index < -0.39 is 13.0 Å². The Morgan fingerprint density at radius 3 is 2.79 bits per heavy atom. The number of nitrogens with zero attached hydrogens (tertiary/aromatic N) is 3. The number of aromatic nitrogens is 2. The van der Waals surface area contributed by atoms with Crippen LogP contribution in [0.25, 0.3) is 0 Å². The first-order chi connectivity index (χ1) is 11.6. The lowest BCUT2D eigenvalue weighted by Gasteiger charge is -2.35. The second-order valence-electron chi connectivity index (χ2n) is 5.93. The molecule has 3 rings (SSSR count). The van der Waals surface area contributed by atoms with Crippen LogP contribution in [0.2, 0.25) is 0 Å². The van der Waals surface area contributed by atoms with Crippen LogP contribution in [-0.2, 0) is 13.6 Å². The third-order valence-electron chi connectivity index (χ3n) is 4.20. The number of hydrogen-bond acceptors (Lipinski definition) is 4. The highest BCUT2D eigenvalue weighted by molar-refractivity contribution is 5.27. The van der Waals surface area contributed by atoms with Crippen LogP contribution in [0.15, 0.2) is 36.7 Å². The number of aryl methyl sites for hydroxylation is 1. The number of rotatable bonds is 6. The van der Waals surface area contributed by atoms with Crippen LogP contribution in [0.4, 0.5) is 8.78 Å². The summed E-state index contributed by atoms with van der Waals surface area (Å²) in [7, 11) is 2.00.